The summed E-state index contributed by atoms with van der Waals surface area (Å²) in [6.45, 7) is 0. The Labute approximate surface area is 28.2 Å². The molecule has 0 spiro atoms. The summed E-state index contributed by atoms with van der Waals surface area (Å²) >= 11 is 0. The summed E-state index contributed by atoms with van der Waals surface area (Å²) in [5, 5.41) is 3.12. The molecule has 1 heterocycles. The van der Waals surface area contributed by atoms with Gasteiger partial charge in [-0.15, -0.1) is 0 Å². The van der Waals surface area contributed by atoms with Crippen LogP contribution < -0.4 is 5.48 Å². The predicted octanol–water partition coefficient (Wildman–Crippen LogP) is -0.604. The molecular weight excluding hydrogens is 72.0 g/mol. The molecular formula is CH2N2O2. The predicted molar refractivity (Wildman–Crippen MR) is 13.8 cm³/mol. The highest BCUT2D eigenvalue weighted by molar-refractivity contribution is 5.51. The number of hydroxylamine groups is 1. The SMILES string of the molecule is C1=NOON1. The number of hydrogen-bond acceptors (Lipinski definition) is 4. The van der Waals surface area contributed by atoms with E-state index in [1.165, 1.54) is 6.34 Å². The summed E-state index contributed by atoms with van der Waals surface area (Å²) in [5.74, 6) is 0. The molecule has 0 saturated carbocycles. The fourth-order valence-electron chi connectivity index (χ4n) is 0.108. The maximum atomic E-state index is 3.97. The summed E-state index contributed by atoms with van der Waals surface area (Å²) in [4.78, 5) is 7.88. The van der Waals surface area contributed by atoms with Gasteiger partial charge in [0, 0.05) is 0 Å². The Morgan fingerprint density at radius 1 is 1.80 bits per heavy atom. The van der Waals surface area contributed by atoms with Crippen LogP contribution in [0.15, 0.2) is 5.16 Å². The average Bonchev–Trinajstić information content (AvgIpc) is 1.76. The number of rotatable bonds is 0. The Bertz CT molecular complexity index is 45.6. The van der Waals surface area contributed by atoms with Gasteiger partial charge in [-0.1, -0.05) is 0 Å². The first-order valence-electron chi connectivity index (χ1n) is 1.10. The van der Waals surface area contributed by atoms with Crippen molar-refractivity contribution < 1.29 is 9.98 Å². The van der Waals surface area contributed by atoms with Gasteiger partial charge in [0.2, 0.25) is 0 Å². The van der Waals surface area contributed by atoms with Crippen LogP contribution in [-0.2, 0) is 9.98 Å². The zero-order chi connectivity index (χ0) is 3.54. The molecule has 1 aliphatic heterocycles. The van der Waals surface area contributed by atoms with E-state index in [-0.39, 0.29) is 0 Å². The third-order valence-electron chi connectivity index (χ3n) is 0.234. The Kier molecular flexibility index (Phi) is 0.443. The molecule has 5 heavy (non-hydrogen) atoms. The Morgan fingerprint density at radius 3 is 3.00 bits per heavy atom. The van der Waals surface area contributed by atoms with Crippen molar-refractivity contribution in [3.63, 3.8) is 0 Å². The maximum Gasteiger partial charge on any atom is 0.160 e. The summed E-state index contributed by atoms with van der Waals surface area (Å²) in [6, 6.07) is 0. The molecule has 0 aromatic rings. The number of hydrogen-bond donors (Lipinski definition) is 1. The van der Waals surface area contributed by atoms with Crippen LogP contribution in [0.25, 0.3) is 0 Å². The van der Waals surface area contributed by atoms with Gasteiger partial charge in [0.1, 0.15) is 0 Å². The molecule has 0 saturated heterocycles. The third-order valence-corrected chi connectivity index (χ3v) is 0.234. The molecule has 1 rings (SSSR count). The summed E-state index contributed by atoms with van der Waals surface area (Å²) in [5.41, 5.74) is 2.21. The van der Waals surface area contributed by atoms with Crippen LogP contribution in [0.2, 0.25) is 0 Å². The van der Waals surface area contributed by atoms with Crippen LogP contribution in [-0.4, -0.2) is 6.34 Å². The summed E-state index contributed by atoms with van der Waals surface area (Å²) < 4.78 is 0. The first kappa shape index (κ1) is 2.47. The van der Waals surface area contributed by atoms with E-state index in [1.54, 1.807) is 0 Å². The monoisotopic (exact) mass is 74.0 g/mol. The van der Waals surface area contributed by atoms with Crippen LogP contribution >= 0.6 is 0 Å². The molecule has 0 bridgehead atoms. The van der Waals surface area contributed by atoms with E-state index in [2.05, 4.69) is 20.6 Å². The van der Waals surface area contributed by atoms with Gasteiger partial charge >= 0.3 is 0 Å². The molecule has 0 aromatic heterocycles. The van der Waals surface area contributed by atoms with Crippen molar-refractivity contribution in [2.24, 2.45) is 5.16 Å². The van der Waals surface area contributed by atoms with Gasteiger partial charge in [0.15, 0.2) is 6.34 Å². The molecule has 0 unspecified atom stereocenters. The van der Waals surface area contributed by atoms with Crippen molar-refractivity contribution >= 4 is 6.34 Å². The first-order chi connectivity index (χ1) is 2.50. The number of oxime groups is 1. The maximum absolute atomic E-state index is 3.97. The van der Waals surface area contributed by atoms with Gasteiger partial charge in [0.05, 0.1) is 0 Å². The first-order valence-corrected chi connectivity index (χ1v) is 1.10. The van der Waals surface area contributed by atoms with Crippen molar-refractivity contribution in [1.29, 1.82) is 0 Å². The van der Waals surface area contributed by atoms with Crippen LogP contribution in [0, 0.1) is 0 Å². The van der Waals surface area contributed by atoms with Crippen molar-refractivity contribution in [3.05, 3.63) is 0 Å². The minimum atomic E-state index is 1.29. The quantitative estimate of drug-likeness (QED) is 0.390. The molecule has 0 amide bonds. The summed E-state index contributed by atoms with van der Waals surface area (Å²) in [6.07, 6.45) is 1.29. The van der Waals surface area contributed by atoms with Gasteiger partial charge in [-0.3, -0.25) is 0 Å². The second-order valence-corrected chi connectivity index (χ2v) is 0.510. The van der Waals surface area contributed by atoms with Gasteiger partial charge in [-0.05, 0) is 10.1 Å². The molecule has 0 fully saturated rings. The fourth-order valence-corrected chi connectivity index (χ4v) is 0.108. The van der Waals surface area contributed by atoms with Crippen molar-refractivity contribution in [2.45, 2.75) is 0 Å². The largest absolute Gasteiger partial charge is 0.208 e. The van der Waals surface area contributed by atoms with E-state index in [4.69, 9.17) is 0 Å². The summed E-state index contributed by atoms with van der Waals surface area (Å²) in [7, 11) is 0. The van der Waals surface area contributed by atoms with E-state index in [0.29, 0.717) is 0 Å². The lowest BCUT2D eigenvalue weighted by molar-refractivity contribution is -0.302. The molecule has 1 N–H and O–H groups in total. The normalized spacial score (nSPS) is 17.6. The van der Waals surface area contributed by atoms with Crippen molar-refractivity contribution in [3.8, 4) is 0 Å². The average molecular weight is 74.0 g/mol. The zero-order valence-corrected chi connectivity index (χ0v) is 2.34. The van der Waals surface area contributed by atoms with Crippen LogP contribution in [0.5, 0.6) is 0 Å². The lowest BCUT2D eigenvalue weighted by Crippen LogP contribution is -2.00. The van der Waals surface area contributed by atoms with E-state index in [1.807, 2.05) is 0 Å². The Morgan fingerprint density at radius 2 is 2.80 bits per heavy atom. The molecule has 0 atom stereocenters. The zero-order valence-electron chi connectivity index (χ0n) is 2.34. The molecule has 1 aliphatic rings. The fraction of sp³-hybridized carbons (Fsp3) is 0. The lowest BCUT2D eigenvalue weighted by atomic mass is 11.4. The Hall–Kier alpha value is -0.770. The highest BCUT2D eigenvalue weighted by Crippen LogP contribution is 1.75. The van der Waals surface area contributed by atoms with E-state index >= 15 is 0 Å². The van der Waals surface area contributed by atoms with Crippen LogP contribution in [0.4, 0.5) is 0 Å². The molecule has 0 aromatic carbocycles. The van der Waals surface area contributed by atoms with Gasteiger partial charge in [0.25, 0.3) is 0 Å². The van der Waals surface area contributed by atoms with Crippen LogP contribution in [0.1, 0.15) is 0 Å². The number of nitrogens with one attached hydrogen (secondary N) is 1. The van der Waals surface area contributed by atoms with E-state index in [9.17, 15) is 0 Å². The standard InChI is InChI=1S/CH2N2O2/c1-2-4-5-3-1/h1H,(H,2,3). The highest BCUT2D eigenvalue weighted by atomic mass is 17.3. The molecule has 0 radical (unpaired) electrons. The van der Waals surface area contributed by atoms with Crippen LogP contribution in [0.3, 0.4) is 0 Å². The van der Waals surface area contributed by atoms with Gasteiger partial charge in [-0.25, -0.2) is 5.48 Å². The minimum absolute atomic E-state index is 1.29. The molecule has 28 valence electrons. The Balaban J connectivity index is 2.32. The lowest BCUT2D eigenvalue weighted by Gasteiger charge is -1.76. The van der Waals surface area contributed by atoms with E-state index in [0.717, 1.165) is 0 Å². The van der Waals surface area contributed by atoms with Gasteiger partial charge < -0.3 is 0 Å². The van der Waals surface area contributed by atoms with Crippen molar-refractivity contribution in [2.75, 3.05) is 0 Å². The smallest absolute Gasteiger partial charge is 0.160 e. The minimum Gasteiger partial charge on any atom is -0.208 e. The van der Waals surface area contributed by atoms with Crippen molar-refractivity contribution in [1.82, 2.24) is 5.48 Å². The third kappa shape index (κ3) is 0.273. The number of nitrogens with zero attached hydrogens (tertiary/aromatic N) is 1. The molecule has 4 nitrogen and oxygen atoms in total. The topological polar surface area (TPSA) is 42.9 Å². The second-order valence-electron chi connectivity index (χ2n) is 0.510. The van der Waals surface area contributed by atoms with Gasteiger partial charge in [-0.2, -0.15) is 4.99 Å². The van der Waals surface area contributed by atoms with E-state index < -0.39 is 0 Å². The second kappa shape index (κ2) is 0.898. The molecule has 0 aliphatic carbocycles. The highest BCUT2D eigenvalue weighted by Gasteiger charge is 1.83. The molecule has 4 heteroatoms.